The number of nitrogens with zero attached hydrogens (tertiary/aromatic N) is 3. The van der Waals surface area contributed by atoms with Crippen LogP contribution in [0.2, 0.25) is 0 Å². The highest BCUT2D eigenvalue weighted by Gasteiger charge is 2.33. The third-order valence-corrected chi connectivity index (χ3v) is 5.15. The first kappa shape index (κ1) is 16.7. The summed E-state index contributed by atoms with van der Waals surface area (Å²) in [6, 6.07) is 8.21. The summed E-state index contributed by atoms with van der Waals surface area (Å²) >= 11 is 1.64. The summed E-state index contributed by atoms with van der Waals surface area (Å²) < 4.78 is 13.8. The first-order valence-corrected chi connectivity index (χ1v) is 8.99. The van der Waals surface area contributed by atoms with Gasteiger partial charge in [-0.1, -0.05) is 12.1 Å². The lowest BCUT2D eigenvalue weighted by Crippen LogP contribution is -2.29. The maximum atomic E-state index is 13.8. The Morgan fingerprint density at radius 2 is 2.04 bits per heavy atom. The number of para-hydroxylation sites is 1. The van der Waals surface area contributed by atoms with E-state index in [2.05, 4.69) is 15.3 Å². The third kappa shape index (κ3) is 4.03. The largest absolute Gasteiger partial charge is 0.354 e. The van der Waals surface area contributed by atoms with Crippen LogP contribution in [0, 0.1) is 5.82 Å². The Hall–Kier alpha value is -2.15. The minimum atomic E-state index is -0.344. The van der Waals surface area contributed by atoms with Gasteiger partial charge in [0.15, 0.2) is 0 Å². The molecule has 0 saturated carbocycles. The van der Waals surface area contributed by atoms with E-state index in [9.17, 15) is 9.18 Å². The number of carbonyl (C=O) groups excluding carboxylic acids is 1. The fraction of sp³-hybridized carbons (Fsp3) is 0.353. The molecule has 1 amide bonds. The van der Waals surface area contributed by atoms with Crippen molar-refractivity contribution in [3.05, 3.63) is 48.5 Å². The number of amides is 1. The van der Waals surface area contributed by atoms with Crippen molar-refractivity contribution < 1.29 is 9.18 Å². The molecule has 7 heteroatoms. The number of nitrogens with one attached hydrogen (secondary N) is 1. The quantitative estimate of drug-likeness (QED) is 0.781. The molecule has 0 spiro atoms. The lowest BCUT2D eigenvalue weighted by atomic mass is 10.3. The van der Waals surface area contributed by atoms with Crippen LogP contribution in [-0.4, -0.2) is 40.0 Å². The summed E-state index contributed by atoms with van der Waals surface area (Å²) in [5.74, 6) is 1.14. The molecule has 1 fully saturated rings. The van der Waals surface area contributed by atoms with Crippen LogP contribution < -0.4 is 10.2 Å². The van der Waals surface area contributed by atoms with Gasteiger partial charge >= 0.3 is 0 Å². The van der Waals surface area contributed by atoms with Gasteiger partial charge in [0.05, 0.1) is 10.9 Å². The molecule has 3 rings (SSSR count). The monoisotopic (exact) mass is 346 g/mol. The third-order valence-electron chi connectivity index (χ3n) is 3.79. The Labute approximate surface area is 144 Å². The van der Waals surface area contributed by atoms with Crippen molar-refractivity contribution in [3.63, 3.8) is 0 Å². The van der Waals surface area contributed by atoms with E-state index in [-0.39, 0.29) is 17.0 Å². The summed E-state index contributed by atoms with van der Waals surface area (Å²) in [6.07, 6.45) is 5.05. The Bertz CT molecular complexity index is 685. The molecule has 1 aromatic heterocycles. The molecule has 1 aliphatic heterocycles. The second-order valence-electron chi connectivity index (χ2n) is 5.44. The van der Waals surface area contributed by atoms with E-state index >= 15 is 0 Å². The SMILES string of the molecule is O=C1C(SCCCNc2ncccn2)CCN1c1ccccc1F. The highest BCUT2D eigenvalue weighted by atomic mass is 32.2. The number of hydrogen-bond donors (Lipinski definition) is 1. The van der Waals surface area contributed by atoms with Crippen LogP contribution >= 0.6 is 11.8 Å². The van der Waals surface area contributed by atoms with Crippen molar-refractivity contribution in [2.45, 2.75) is 18.1 Å². The molecular formula is C17H19FN4OS. The summed E-state index contributed by atoms with van der Waals surface area (Å²) in [6.45, 7) is 1.34. The molecule has 0 aliphatic carbocycles. The first-order valence-electron chi connectivity index (χ1n) is 7.94. The minimum Gasteiger partial charge on any atom is -0.354 e. The lowest BCUT2D eigenvalue weighted by molar-refractivity contribution is -0.116. The predicted octanol–water partition coefficient (Wildman–Crippen LogP) is 2.96. The normalized spacial score (nSPS) is 17.3. The molecule has 1 aliphatic rings. The molecule has 1 N–H and O–H groups in total. The van der Waals surface area contributed by atoms with Gasteiger partial charge in [0.1, 0.15) is 5.82 Å². The Kier molecular flexibility index (Phi) is 5.63. The molecule has 1 aromatic carbocycles. The Morgan fingerprint density at radius 1 is 1.25 bits per heavy atom. The highest BCUT2D eigenvalue weighted by Crippen LogP contribution is 2.30. The van der Waals surface area contributed by atoms with Crippen LogP contribution in [0.1, 0.15) is 12.8 Å². The molecule has 24 heavy (non-hydrogen) atoms. The molecule has 0 radical (unpaired) electrons. The zero-order valence-electron chi connectivity index (χ0n) is 13.2. The Balaban J connectivity index is 1.42. The zero-order chi connectivity index (χ0) is 16.8. The minimum absolute atomic E-state index is 0.00412. The van der Waals surface area contributed by atoms with Gasteiger partial charge in [-0.05, 0) is 36.8 Å². The second-order valence-corrected chi connectivity index (χ2v) is 6.75. The Morgan fingerprint density at radius 3 is 2.83 bits per heavy atom. The van der Waals surface area contributed by atoms with Crippen LogP contribution in [0.15, 0.2) is 42.7 Å². The summed E-state index contributed by atoms with van der Waals surface area (Å²) in [5.41, 5.74) is 0.383. The van der Waals surface area contributed by atoms with Crippen molar-refractivity contribution in [3.8, 4) is 0 Å². The van der Waals surface area contributed by atoms with E-state index < -0.39 is 0 Å². The molecule has 0 bridgehead atoms. The van der Waals surface area contributed by atoms with Crippen LogP contribution in [-0.2, 0) is 4.79 Å². The standard InChI is InChI=1S/C17H19FN4OS/c18-13-5-1-2-6-14(13)22-11-7-15(16(22)23)24-12-4-10-21-17-19-8-3-9-20-17/h1-3,5-6,8-9,15H,4,7,10-12H2,(H,19,20,21). The lowest BCUT2D eigenvalue weighted by Gasteiger charge is -2.17. The average Bonchev–Trinajstić information content (AvgIpc) is 2.97. The van der Waals surface area contributed by atoms with E-state index in [1.165, 1.54) is 6.07 Å². The number of anilines is 2. The molecule has 2 heterocycles. The number of aromatic nitrogens is 2. The second kappa shape index (κ2) is 8.10. The van der Waals surface area contributed by atoms with E-state index in [1.807, 2.05) is 0 Å². The van der Waals surface area contributed by atoms with Gasteiger partial charge in [0, 0.05) is 25.5 Å². The highest BCUT2D eigenvalue weighted by molar-refractivity contribution is 8.00. The van der Waals surface area contributed by atoms with Gasteiger partial charge in [0.2, 0.25) is 11.9 Å². The molecule has 1 atom stereocenters. The topological polar surface area (TPSA) is 58.1 Å². The van der Waals surface area contributed by atoms with E-state index in [1.54, 1.807) is 53.3 Å². The first-order chi connectivity index (χ1) is 11.8. The van der Waals surface area contributed by atoms with Crippen LogP contribution in [0.5, 0.6) is 0 Å². The number of thioether (sulfide) groups is 1. The molecule has 2 aromatic rings. The fourth-order valence-corrected chi connectivity index (χ4v) is 3.74. The van der Waals surface area contributed by atoms with Crippen LogP contribution in [0.3, 0.4) is 0 Å². The van der Waals surface area contributed by atoms with Crippen LogP contribution in [0.4, 0.5) is 16.0 Å². The van der Waals surface area contributed by atoms with E-state index in [0.29, 0.717) is 18.2 Å². The number of benzene rings is 1. The van der Waals surface area contributed by atoms with Crippen molar-refractivity contribution >= 4 is 29.3 Å². The van der Waals surface area contributed by atoms with Crippen molar-refractivity contribution in [2.75, 3.05) is 29.1 Å². The summed E-state index contributed by atoms with van der Waals surface area (Å²) in [5, 5.41) is 3.06. The number of hydrogen-bond acceptors (Lipinski definition) is 5. The van der Waals surface area contributed by atoms with Crippen molar-refractivity contribution in [2.24, 2.45) is 0 Å². The van der Waals surface area contributed by atoms with Crippen molar-refractivity contribution in [1.29, 1.82) is 0 Å². The van der Waals surface area contributed by atoms with Crippen molar-refractivity contribution in [1.82, 2.24) is 9.97 Å². The van der Waals surface area contributed by atoms with Crippen LogP contribution in [0.25, 0.3) is 0 Å². The smallest absolute Gasteiger partial charge is 0.240 e. The zero-order valence-corrected chi connectivity index (χ0v) is 14.0. The van der Waals surface area contributed by atoms with Gasteiger partial charge in [0.25, 0.3) is 0 Å². The molecule has 126 valence electrons. The summed E-state index contributed by atoms with van der Waals surface area (Å²) in [4.78, 5) is 22.2. The molecular weight excluding hydrogens is 327 g/mol. The molecule has 1 unspecified atom stereocenters. The number of halogens is 1. The fourth-order valence-electron chi connectivity index (χ4n) is 2.61. The van der Waals surface area contributed by atoms with Gasteiger partial charge in [-0.15, -0.1) is 11.8 Å². The van der Waals surface area contributed by atoms with Gasteiger partial charge < -0.3 is 10.2 Å². The maximum absolute atomic E-state index is 13.8. The summed E-state index contributed by atoms with van der Waals surface area (Å²) in [7, 11) is 0. The average molecular weight is 346 g/mol. The van der Waals surface area contributed by atoms with E-state index in [4.69, 9.17) is 0 Å². The predicted molar refractivity (Wildman–Crippen MR) is 94.8 cm³/mol. The number of rotatable bonds is 7. The molecule has 5 nitrogen and oxygen atoms in total. The van der Waals surface area contributed by atoms with Gasteiger partial charge in [-0.25, -0.2) is 14.4 Å². The number of carbonyl (C=O) groups is 1. The van der Waals surface area contributed by atoms with Gasteiger partial charge in [-0.2, -0.15) is 0 Å². The van der Waals surface area contributed by atoms with E-state index in [0.717, 1.165) is 25.1 Å². The molecule has 1 saturated heterocycles. The van der Waals surface area contributed by atoms with Gasteiger partial charge in [-0.3, -0.25) is 4.79 Å². The maximum Gasteiger partial charge on any atom is 0.240 e.